The monoisotopic (exact) mass is 202 g/mol. The molecule has 0 amide bonds. The minimum atomic E-state index is 0.612. The lowest BCUT2D eigenvalue weighted by molar-refractivity contribution is 0.137. The lowest BCUT2D eigenvalue weighted by Crippen LogP contribution is -2.36. The quantitative estimate of drug-likeness (QED) is 0.615. The summed E-state index contributed by atoms with van der Waals surface area (Å²) in [6.45, 7) is 8.42. The highest BCUT2D eigenvalue weighted by molar-refractivity contribution is 4.66. The summed E-state index contributed by atoms with van der Waals surface area (Å²) in [5.41, 5.74) is 5.52. The molecule has 0 heterocycles. The lowest BCUT2D eigenvalue weighted by Gasteiger charge is -2.28. The Hall–Kier alpha value is -0.120. The van der Waals surface area contributed by atoms with Gasteiger partial charge in [-0.15, -0.1) is 0 Å². The molecule has 0 saturated carbocycles. The van der Waals surface area contributed by atoms with Crippen molar-refractivity contribution in [3.63, 3.8) is 0 Å². The minimum Gasteiger partial charge on any atom is -0.385 e. The summed E-state index contributed by atoms with van der Waals surface area (Å²) in [6.07, 6.45) is 3.42. The molecular formula is C11H26N2O. The zero-order valence-electron chi connectivity index (χ0n) is 9.96. The molecular weight excluding hydrogens is 176 g/mol. The largest absolute Gasteiger partial charge is 0.385 e. The molecule has 0 bridgehead atoms. The number of nitrogens with zero attached hydrogens (tertiary/aromatic N) is 1. The maximum Gasteiger partial charge on any atom is 0.0477 e. The molecule has 0 radical (unpaired) electrons. The normalized spacial score (nSPS) is 13.5. The molecule has 86 valence electrons. The van der Waals surface area contributed by atoms with Gasteiger partial charge in [0, 0.05) is 19.8 Å². The van der Waals surface area contributed by atoms with E-state index < -0.39 is 0 Å². The Morgan fingerprint density at radius 1 is 1.36 bits per heavy atom. The van der Waals surface area contributed by atoms with E-state index in [1.807, 2.05) is 0 Å². The van der Waals surface area contributed by atoms with Crippen LogP contribution in [0.5, 0.6) is 0 Å². The standard InChI is InChI=1S/C11H26N2O/c1-4-8-13(9-5-7-12)11(2)6-10-14-3/h11H,4-10,12H2,1-3H3. The van der Waals surface area contributed by atoms with Gasteiger partial charge in [0.05, 0.1) is 0 Å². The minimum absolute atomic E-state index is 0.612. The van der Waals surface area contributed by atoms with Crippen LogP contribution in [0.15, 0.2) is 0 Å². The van der Waals surface area contributed by atoms with Gasteiger partial charge in [0.15, 0.2) is 0 Å². The zero-order chi connectivity index (χ0) is 10.8. The van der Waals surface area contributed by atoms with Crippen LogP contribution in [-0.2, 0) is 4.74 Å². The summed E-state index contributed by atoms with van der Waals surface area (Å²) in [6, 6.07) is 0.612. The van der Waals surface area contributed by atoms with Crippen LogP contribution in [0.25, 0.3) is 0 Å². The summed E-state index contributed by atoms with van der Waals surface area (Å²) in [7, 11) is 1.76. The fourth-order valence-electron chi connectivity index (χ4n) is 1.61. The third-order valence-corrected chi connectivity index (χ3v) is 2.52. The number of methoxy groups -OCH3 is 1. The third kappa shape index (κ3) is 6.35. The van der Waals surface area contributed by atoms with E-state index in [-0.39, 0.29) is 0 Å². The SMILES string of the molecule is CCCN(CCCN)C(C)CCOC. The summed E-state index contributed by atoms with van der Waals surface area (Å²) in [4.78, 5) is 2.51. The highest BCUT2D eigenvalue weighted by atomic mass is 16.5. The molecule has 3 heteroatoms. The highest BCUT2D eigenvalue weighted by Crippen LogP contribution is 2.05. The van der Waals surface area contributed by atoms with Crippen molar-refractivity contribution in [2.24, 2.45) is 5.73 Å². The van der Waals surface area contributed by atoms with E-state index in [9.17, 15) is 0 Å². The summed E-state index contributed by atoms with van der Waals surface area (Å²) >= 11 is 0. The number of ether oxygens (including phenoxy) is 1. The molecule has 1 atom stereocenters. The number of nitrogens with two attached hydrogens (primary N) is 1. The Balaban J connectivity index is 3.77. The van der Waals surface area contributed by atoms with Crippen molar-refractivity contribution < 1.29 is 4.74 Å². The summed E-state index contributed by atoms with van der Waals surface area (Å²) < 4.78 is 5.09. The van der Waals surface area contributed by atoms with Gasteiger partial charge in [-0.1, -0.05) is 6.92 Å². The van der Waals surface area contributed by atoms with Crippen LogP contribution in [-0.4, -0.2) is 44.3 Å². The second-order valence-electron chi connectivity index (χ2n) is 3.81. The van der Waals surface area contributed by atoms with Gasteiger partial charge in [-0.05, 0) is 45.8 Å². The maximum atomic E-state index is 5.52. The first-order valence-corrected chi connectivity index (χ1v) is 5.69. The van der Waals surface area contributed by atoms with Gasteiger partial charge in [-0.2, -0.15) is 0 Å². The Morgan fingerprint density at radius 3 is 2.57 bits per heavy atom. The highest BCUT2D eigenvalue weighted by Gasteiger charge is 2.11. The van der Waals surface area contributed by atoms with E-state index in [4.69, 9.17) is 10.5 Å². The number of rotatable bonds is 9. The molecule has 0 rings (SSSR count). The van der Waals surface area contributed by atoms with Crippen LogP contribution in [0.1, 0.15) is 33.1 Å². The van der Waals surface area contributed by atoms with Gasteiger partial charge in [0.2, 0.25) is 0 Å². The average Bonchev–Trinajstić information content (AvgIpc) is 2.20. The van der Waals surface area contributed by atoms with Crippen molar-refractivity contribution in [2.45, 2.75) is 39.2 Å². The molecule has 0 saturated heterocycles. The fourth-order valence-corrected chi connectivity index (χ4v) is 1.61. The van der Waals surface area contributed by atoms with Gasteiger partial charge < -0.3 is 15.4 Å². The van der Waals surface area contributed by atoms with Gasteiger partial charge >= 0.3 is 0 Å². The molecule has 1 unspecified atom stereocenters. The van der Waals surface area contributed by atoms with Crippen molar-refractivity contribution in [3.05, 3.63) is 0 Å². The lowest BCUT2D eigenvalue weighted by atomic mass is 10.2. The van der Waals surface area contributed by atoms with Crippen molar-refractivity contribution in [1.29, 1.82) is 0 Å². The van der Waals surface area contributed by atoms with Crippen molar-refractivity contribution >= 4 is 0 Å². The zero-order valence-corrected chi connectivity index (χ0v) is 9.96. The predicted molar refractivity (Wildman–Crippen MR) is 61.5 cm³/mol. The Labute approximate surface area is 88.6 Å². The topological polar surface area (TPSA) is 38.5 Å². The molecule has 0 aliphatic carbocycles. The van der Waals surface area contributed by atoms with E-state index in [0.29, 0.717) is 6.04 Å². The number of hydrogen-bond donors (Lipinski definition) is 1. The number of hydrogen-bond acceptors (Lipinski definition) is 3. The molecule has 2 N–H and O–H groups in total. The first-order chi connectivity index (χ1) is 6.76. The molecule has 14 heavy (non-hydrogen) atoms. The van der Waals surface area contributed by atoms with E-state index in [1.54, 1.807) is 7.11 Å². The smallest absolute Gasteiger partial charge is 0.0477 e. The second kappa shape index (κ2) is 9.44. The molecule has 0 aliphatic heterocycles. The molecule has 0 aromatic carbocycles. The van der Waals surface area contributed by atoms with Gasteiger partial charge in [-0.25, -0.2) is 0 Å². The van der Waals surface area contributed by atoms with E-state index in [2.05, 4.69) is 18.7 Å². The van der Waals surface area contributed by atoms with E-state index in [0.717, 1.165) is 32.5 Å². The van der Waals surface area contributed by atoms with Crippen LogP contribution in [0.3, 0.4) is 0 Å². The molecule has 0 aromatic rings. The van der Waals surface area contributed by atoms with Crippen LogP contribution < -0.4 is 5.73 Å². The predicted octanol–water partition coefficient (Wildman–Crippen LogP) is 1.47. The molecule has 0 aliphatic rings. The Kier molecular flexibility index (Phi) is 9.35. The van der Waals surface area contributed by atoms with Crippen LogP contribution in [0.4, 0.5) is 0 Å². The summed E-state index contributed by atoms with van der Waals surface area (Å²) in [5.74, 6) is 0. The maximum absolute atomic E-state index is 5.52. The van der Waals surface area contributed by atoms with Crippen LogP contribution >= 0.6 is 0 Å². The second-order valence-corrected chi connectivity index (χ2v) is 3.81. The van der Waals surface area contributed by atoms with Gasteiger partial charge in [0.1, 0.15) is 0 Å². The van der Waals surface area contributed by atoms with Crippen molar-refractivity contribution in [2.75, 3.05) is 33.4 Å². The molecule has 3 nitrogen and oxygen atoms in total. The van der Waals surface area contributed by atoms with Crippen molar-refractivity contribution in [3.8, 4) is 0 Å². The van der Waals surface area contributed by atoms with E-state index >= 15 is 0 Å². The van der Waals surface area contributed by atoms with Gasteiger partial charge in [-0.3, -0.25) is 0 Å². The Bertz CT molecular complexity index is 120. The van der Waals surface area contributed by atoms with E-state index in [1.165, 1.54) is 13.0 Å². The first kappa shape index (κ1) is 13.9. The molecule has 0 spiro atoms. The third-order valence-electron chi connectivity index (χ3n) is 2.52. The van der Waals surface area contributed by atoms with Crippen LogP contribution in [0.2, 0.25) is 0 Å². The Morgan fingerprint density at radius 2 is 2.07 bits per heavy atom. The fraction of sp³-hybridized carbons (Fsp3) is 1.00. The molecule has 0 aromatic heterocycles. The van der Waals surface area contributed by atoms with Gasteiger partial charge in [0.25, 0.3) is 0 Å². The first-order valence-electron chi connectivity index (χ1n) is 5.69. The summed E-state index contributed by atoms with van der Waals surface area (Å²) in [5, 5.41) is 0. The van der Waals surface area contributed by atoms with Crippen molar-refractivity contribution in [1.82, 2.24) is 4.90 Å². The van der Waals surface area contributed by atoms with Crippen LogP contribution in [0, 0.1) is 0 Å². The average molecular weight is 202 g/mol. The molecule has 0 fully saturated rings.